The molecule has 9 heavy (non-hydrogen) atoms. The quantitative estimate of drug-likeness (QED) is 0.446. The molecule has 0 N–H and O–H groups in total. The van der Waals surface area contributed by atoms with Gasteiger partial charge in [-0.3, -0.25) is 0 Å². The highest BCUT2D eigenvalue weighted by Gasteiger charge is 2.55. The Bertz CT molecular complexity index is 120. The SMILES string of the molecule is C1CC2CCC1[C@H]1O[C@@H]21. The second-order valence-corrected chi connectivity index (χ2v) is 3.74. The molecule has 0 aromatic carbocycles. The van der Waals surface area contributed by atoms with Crippen LogP contribution in [0.15, 0.2) is 0 Å². The van der Waals surface area contributed by atoms with Crippen LogP contribution in [0, 0.1) is 11.8 Å². The lowest BCUT2D eigenvalue weighted by Crippen LogP contribution is -2.30. The van der Waals surface area contributed by atoms with Gasteiger partial charge in [-0.05, 0) is 37.5 Å². The van der Waals surface area contributed by atoms with E-state index in [0.29, 0.717) is 0 Å². The van der Waals surface area contributed by atoms with Gasteiger partial charge in [0, 0.05) is 0 Å². The molecule has 4 fully saturated rings. The van der Waals surface area contributed by atoms with Crippen LogP contribution in [0.1, 0.15) is 25.7 Å². The number of fused-ring (bicyclic) bond motifs is 2. The summed E-state index contributed by atoms with van der Waals surface area (Å²) in [6.07, 6.45) is 7.32. The predicted octanol–water partition coefficient (Wildman–Crippen LogP) is 1.57. The monoisotopic (exact) mass is 124 g/mol. The highest BCUT2D eigenvalue weighted by atomic mass is 16.6. The summed E-state index contributed by atoms with van der Waals surface area (Å²) in [7, 11) is 0. The summed E-state index contributed by atoms with van der Waals surface area (Å²) in [6, 6.07) is 0. The summed E-state index contributed by atoms with van der Waals surface area (Å²) >= 11 is 0. The maximum absolute atomic E-state index is 5.56. The van der Waals surface area contributed by atoms with Crippen molar-refractivity contribution in [2.24, 2.45) is 11.8 Å². The van der Waals surface area contributed by atoms with Crippen LogP contribution in [0.4, 0.5) is 0 Å². The largest absolute Gasteiger partial charge is 0.369 e. The standard InChI is InChI=1S/C8H12O/c1-2-6-4-3-5(1)7-8(6)9-7/h5-8H,1-4H2/t5?,6?,7-,8+. The van der Waals surface area contributed by atoms with Crippen molar-refractivity contribution in [1.82, 2.24) is 0 Å². The van der Waals surface area contributed by atoms with Gasteiger partial charge in [0.25, 0.3) is 0 Å². The molecule has 1 nitrogen and oxygen atoms in total. The molecule has 1 aliphatic heterocycles. The van der Waals surface area contributed by atoms with E-state index in [4.69, 9.17) is 4.74 Å². The zero-order valence-corrected chi connectivity index (χ0v) is 5.55. The third-order valence-electron chi connectivity index (χ3n) is 3.31. The van der Waals surface area contributed by atoms with Crippen LogP contribution in [0.3, 0.4) is 0 Å². The second-order valence-electron chi connectivity index (χ2n) is 3.74. The van der Waals surface area contributed by atoms with Crippen LogP contribution in [-0.4, -0.2) is 12.2 Å². The average molecular weight is 124 g/mol. The molecule has 50 valence electrons. The summed E-state index contributed by atoms with van der Waals surface area (Å²) in [4.78, 5) is 0. The minimum atomic E-state index is 0.734. The van der Waals surface area contributed by atoms with Gasteiger partial charge in [0.15, 0.2) is 0 Å². The summed E-state index contributed by atoms with van der Waals surface area (Å²) in [6.45, 7) is 0. The molecule has 1 heteroatoms. The Hall–Kier alpha value is -0.0400. The van der Waals surface area contributed by atoms with Gasteiger partial charge < -0.3 is 4.74 Å². The fourth-order valence-electron chi connectivity index (χ4n) is 2.70. The highest BCUT2D eigenvalue weighted by molar-refractivity contribution is 5.03. The van der Waals surface area contributed by atoms with Crippen molar-refractivity contribution in [3.05, 3.63) is 0 Å². The summed E-state index contributed by atoms with van der Waals surface area (Å²) in [5, 5.41) is 0. The van der Waals surface area contributed by atoms with Crippen LogP contribution in [0.25, 0.3) is 0 Å². The molecule has 0 spiro atoms. The van der Waals surface area contributed by atoms with E-state index in [2.05, 4.69) is 0 Å². The van der Waals surface area contributed by atoms with E-state index >= 15 is 0 Å². The first-order chi connectivity index (χ1) is 4.45. The molecule has 4 aliphatic rings. The van der Waals surface area contributed by atoms with Gasteiger partial charge in [0.05, 0.1) is 12.2 Å². The van der Waals surface area contributed by atoms with E-state index in [0.717, 1.165) is 24.0 Å². The Balaban J connectivity index is 1.93. The van der Waals surface area contributed by atoms with Crippen molar-refractivity contribution in [3.63, 3.8) is 0 Å². The minimum Gasteiger partial charge on any atom is -0.369 e. The molecule has 1 saturated heterocycles. The molecule has 0 amide bonds. The van der Waals surface area contributed by atoms with Crippen molar-refractivity contribution in [3.8, 4) is 0 Å². The lowest BCUT2D eigenvalue weighted by Gasteiger charge is -2.31. The van der Waals surface area contributed by atoms with Crippen molar-refractivity contribution < 1.29 is 4.74 Å². The Kier molecular flexibility index (Phi) is 0.704. The summed E-state index contributed by atoms with van der Waals surface area (Å²) in [5.41, 5.74) is 0. The minimum absolute atomic E-state index is 0.734. The van der Waals surface area contributed by atoms with Crippen LogP contribution >= 0.6 is 0 Å². The van der Waals surface area contributed by atoms with Gasteiger partial charge in [0.1, 0.15) is 0 Å². The van der Waals surface area contributed by atoms with Crippen molar-refractivity contribution in [1.29, 1.82) is 0 Å². The topological polar surface area (TPSA) is 12.5 Å². The Morgan fingerprint density at radius 3 is 1.56 bits per heavy atom. The first kappa shape index (κ1) is 4.73. The second kappa shape index (κ2) is 1.34. The van der Waals surface area contributed by atoms with E-state index in [9.17, 15) is 0 Å². The van der Waals surface area contributed by atoms with Crippen molar-refractivity contribution >= 4 is 0 Å². The molecule has 3 saturated carbocycles. The zero-order valence-electron chi connectivity index (χ0n) is 5.55. The number of ether oxygens (including phenoxy) is 1. The third kappa shape index (κ3) is 0.493. The molecule has 2 bridgehead atoms. The van der Waals surface area contributed by atoms with Gasteiger partial charge >= 0.3 is 0 Å². The first-order valence-corrected chi connectivity index (χ1v) is 4.10. The van der Waals surface area contributed by atoms with Gasteiger partial charge in [-0.25, -0.2) is 0 Å². The lowest BCUT2D eigenvalue weighted by atomic mass is 9.71. The number of epoxide rings is 1. The van der Waals surface area contributed by atoms with Crippen LogP contribution < -0.4 is 0 Å². The predicted molar refractivity (Wildman–Crippen MR) is 34.1 cm³/mol. The zero-order chi connectivity index (χ0) is 5.84. The van der Waals surface area contributed by atoms with Crippen LogP contribution in [0.5, 0.6) is 0 Å². The van der Waals surface area contributed by atoms with Gasteiger partial charge in [-0.1, -0.05) is 0 Å². The van der Waals surface area contributed by atoms with E-state index in [1.54, 1.807) is 0 Å². The Labute approximate surface area is 55.4 Å². The van der Waals surface area contributed by atoms with E-state index < -0.39 is 0 Å². The van der Waals surface area contributed by atoms with Gasteiger partial charge in [0.2, 0.25) is 0 Å². The maximum atomic E-state index is 5.56. The number of rotatable bonds is 0. The molecular formula is C8H12O. The van der Waals surface area contributed by atoms with E-state index in [1.165, 1.54) is 25.7 Å². The molecule has 2 atom stereocenters. The van der Waals surface area contributed by atoms with Crippen molar-refractivity contribution in [2.45, 2.75) is 37.9 Å². The summed E-state index contributed by atoms with van der Waals surface area (Å²) in [5.74, 6) is 1.94. The molecule has 0 aromatic heterocycles. The fourth-order valence-corrected chi connectivity index (χ4v) is 2.70. The first-order valence-electron chi connectivity index (χ1n) is 4.10. The molecule has 0 unspecified atom stereocenters. The third-order valence-corrected chi connectivity index (χ3v) is 3.31. The molecule has 3 aliphatic carbocycles. The Morgan fingerprint density at radius 2 is 1.22 bits per heavy atom. The average Bonchev–Trinajstić information content (AvgIpc) is 2.68. The molecule has 0 aromatic rings. The van der Waals surface area contributed by atoms with Crippen LogP contribution in [-0.2, 0) is 4.74 Å². The number of hydrogen-bond acceptors (Lipinski definition) is 1. The maximum Gasteiger partial charge on any atom is 0.0872 e. The molecule has 4 rings (SSSR count). The normalized spacial score (nSPS) is 61.3. The molecule has 1 heterocycles. The molecule has 0 radical (unpaired) electrons. The van der Waals surface area contributed by atoms with Crippen LogP contribution in [0.2, 0.25) is 0 Å². The fraction of sp³-hybridized carbons (Fsp3) is 1.00. The highest BCUT2D eigenvalue weighted by Crippen LogP contribution is 2.52. The van der Waals surface area contributed by atoms with E-state index in [1.807, 2.05) is 0 Å². The number of hydrogen-bond donors (Lipinski definition) is 0. The summed E-state index contributed by atoms with van der Waals surface area (Å²) < 4.78 is 5.56. The molecular weight excluding hydrogens is 112 g/mol. The lowest BCUT2D eigenvalue weighted by molar-refractivity contribution is 0.218. The van der Waals surface area contributed by atoms with Crippen molar-refractivity contribution in [2.75, 3.05) is 0 Å². The van der Waals surface area contributed by atoms with Gasteiger partial charge in [-0.15, -0.1) is 0 Å². The smallest absolute Gasteiger partial charge is 0.0872 e. The van der Waals surface area contributed by atoms with Gasteiger partial charge in [-0.2, -0.15) is 0 Å². The Morgan fingerprint density at radius 1 is 0.778 bits per heavy atom. The van der Waals surface area contributed by atoms with E-state index in [-0.39, 0.29) is 0 Å².